The highest BCUT2D eigenvalue weighted by atomic mass is 35.5. The zero-order valence-electron chi connectivity index (χ0n) is 8.73. The van der Waals surface area contributed by atoms with E-state index in [1.807, 2.05) is 0 Å². The molecule has 0 radical (unpaired) electrons. The lowest BCUT2D eigenvalue weighted by Crippen LogP contribution is -2.02. The number of nitrogens with zero attached hydrogens (tertiary/aromatic N) is 2. The third kappa shape index (κ3) is 3.04. The van der Waals surface area contributed by atoms with Crippen LogP contribution in [0.3, 0.4) is 0 Å². The first-order valence-corrected chi connectivity index (χ1v) is 5.17. The fraction of sp³-hybridized carbons (Fsp3) is 0.0909. The fourth-order valence-corrected chi connectivity index (χ4v) is 1.40. The summed E-state index contributed by atoms with van der Waals surface area (Å²) in [6.45, 7) is 0.144. The van der Waals surface area contributed by atoms with Crippen LogP contribution in [0, 0.1) is 5.82 Å². The maximum absolute atomic E-state index is 12.8. The molecule has 0 amide bonds. The molecule has 0 saturated carbocycles. The number of nitrogens with two attached hydrogens (primary N) is 1. The van der Waals surface area contributed by atoms with E-state index in [1.54, 1.807) is 0 Å². The molecule has 0 atom stereocenters. The summed E-state index contributed by atoms with van der Waals surface area (Å²) in [5.41, 5.74) is 5.93. The topological polar surface area (TPSA) is 61.0 Å². The predicted octanol–water partition coefficient (Wildman–Crippen LogP) is 2.43. The van der Waals surface area contributed by atoms with Crippen LogP contribution in [0.2, 0.25) is 5.02 Å². The predicted molar refractivity (Wildman–Crippen MR) is 62.2 cm³/mol. The molecule has 0 aliphatic carbocycles. The van der Waals surface area contributed by atoms with Crippen molar-refractivity contribution >= 4 is 17.3 Å². The van der Waals surface area contributed by atoms with Crippen LogP contribution in [-0.2, 0) is 6.61 Å². The molecule has 0 aliphatic heterocycles. The monoisotopic (exact) mass is 253 g/mol. The number of anilines is 1. The van der Waals surface area contributed by atoms with E-state index >= 15 is 0 Å². The molecule has 0 unspecified atom stereocenters. The quantitative estimate of drug-likeness (QED) is 0.913. The van der Waals surface area contributed by atoms with E-state index in [0.717, 1.165) is 0 Å². The van der Waals surface area contributed by atoms with Crippen LogP contribution in [-0.4, -0.2) is 9.97 Å². The minimum atomic E-state index is -0.411. The van der Waals surface area contributed by atoms with E-state index in [1.165, 1.54) is 30.6 Å². The summed E-state index contributed by atoms with van der Waals surface area (Å²) in [5, 5.41) is 0.209. The number of rotatable bonds is 3. The maximum atomic E-state index is 12.8. The zero-order valence-corrected chi connectivity index (χ0v) is 9.49. The normalized spacial score (nSPS) is 10.2. The van der Waals surface area contributed by atoms with Crippen molar-refractivity contribution in [1.29, 1.82) is 0 Å². The smallest absolute Gasteiger partial charge is 0.166 e. The van der Waals surface area contributed by atoms with E-state index < -0.39 is 5.82 Å². The highest BCUT2D eigenvalue weighted by Gasteiger charge is 2.04. The first kappa shape index (κ1) is 11.6. The van der Waals surface area contributed by atoms with Crippen molar-refractivity contribution in [3.63, 3.8) is 0 Å². The molecule has 1 aromatic carbocycles. The van der Waals surface area contributed by atoms with Gasteiger partial charge in [-0.1, -0.05) is 11.6 Å². The lowest BCUT2D eigenvalue weighted by atomic mass is 10.3. The number of benzene rings is 1. The van der Waals surface area contributed by atoms with Gasteiger partial charge in [-0.25, -0.2) is 14.4 Å². The Morgan fingerprint density at radius 3 is 2.65 bits per heavy atom. The van der Waals surface area contributed by atoms with Gasteiger partial charge in [-0.3, -0.25) is 0 Å². The van der Waals surface area contributed by atoms with E-state index in [-0.39, 0.29) is 11.6 Å². The largest absolute Gasteiger partial charge is 0.484 e. The van der Waals surface area contributed by atoms with Gasteiger partial charge >= 0.3 is 0 Å². The minimum absolute atomic E-state index is 0.144. The maximum Gasteiger partial charge on any atom is 0.166 e. The van der Waals surface area contributed by atoms with Crippen LogP contribution in [0.5, 0.6) is 5.75 Å². The van der Waals surface area contributed by atoms with Crippen LogP contribution in [0.4, 0.5) is 10.1 Å². The molecular weight excluding hydrogens is 245 g/mol. The fourth-order valence-electron chi connectivity index (χ4n) is 1.17. The zero-order chi connectivity index (χ0) is 12.3. The molecule has 6 heteroatoms. The van der Waals surface area contributed by atoms with Crippen LogP contribution in [0.1, 0.15) is 5.82 Å². The van der Waals surface area contributed by atoms with Crippen LogP contribution in [0.25, 0.3) is 0 Å². The summed E-state index contributed by atoms with van der Waals surface area (Å²) < 4.78 is 18.1. The SMILES string of the molecule is Nc1cnc(COc2ccc(F)cc2Cl)nc1. The second-order valence-electron chi connectivity index (χ2n) is 3.30. The van der Waals surface area contributed by atoms with Crippen LogP contribution < -0.4 is 10.5 Å². The van der Waals surface area contributed by atoms with Crippen molar-refractivity contribution in [2.75, 3.05) is 5.73 Å². The molecule has 0 bridgehead atoms. The third-order valence-electron chi connectivity index (χ3n) is 1.98. The van der Waals surface area contributed by atoms with Gasteiger partial charge in [-0.15, -0.1) is 0 Å². The van der Waals surface area contributed by atoms with Gasteiger partial charge in [0, 0.05) is 0 Å². The second-order valence-corrected chi connectivity index (χ2v) is 3.70. The molecular formula is C11H9ClFN3O. The van der Waals surface area contributed by atoms with Crippen LogP contribution in [0.15, 0.2) is 30.6 Å². The Labute approximate surface area is 102 Å². The van der Waals surface area contributed by atoms with Gasteiger partial charge in [0.2, 0.25) is 0 Å². The van der Waals surface area contributed by atoms with Gasteiger partial charge in [0.25, 0.3) is 0 Å². The molecule has 2 N–H and O–H groups in total. The molecule has 17 heavy (non-hydrogen) atoms. The first-order chi connectivity index (χ1) is 8.15. The Morgan fingerprint density at radius 2 is 2.00 bits per heavy atom. The molecule has 2 rings (SSSR count). The van der Waals surface area contributed by atoms with Gasteiger partial charge in [0.05, 0.1) is 23.1 Å². The molecule has 0 saturated heterocycles. The molecule has 1 heterocycles. The Hall–Kier alpha value is -1.88. The Morgan fingerprint density at radius 1 is 1.29 bits per heavy atom. The second kappa shape index (κ2) is 4.97. The molecule has 1 aromatic heterocycles. The van der Waals surface area contributed by atoms with Gasteiger partial charge in [-0.05, 0) is 18.2 Å². The van der Waals surface area contributed by atoms with Crippen molar-refractivity contribution in [2.24, 2.45) is 0 Å². The van der Waals surface area contributed by atoms with Crippen molar-refractivity contribution in [1.82, 2.24) is 9.97 Å². The lowest BCUT2D eigenvalue weighted by Gasteiger charge is -2.06. The molecule has 4 nitrogen and oxygen atoms in total. The van der Waals surface area contributed by atoms with Gasteiger partial charge in [0.15, 0.2) is 5.82 Å². The minimum Gasteiger partial charge on any atom is -0.484 e. The summed E-state index contributed by atoms with van der Waals surface area (Å²) in [6, 6.07) is 3.90. The number of hydrogen-bond acceptors (Lipinski definition) is 4. The summed E-state index contributed by atoms with van der Waals surface area (Å²) in [4.78, 5) is 7.92. The average molecular weight is 254 g/mol. The molecule has 88 valence electrons. The summed E-state index contributed by atoms with van der Waals surface area (Å²) >= 11 is 5.80. The third-order valence-corrected chi connectivity index (χ3v) is 2.27. The number of hydrogen-bond donors (Lipinski definition) is 1. The number of ether oxygens (including phenoxy) is 1. The lowest BCUT2D eigenvalue weighted by molar-refractivity contribution is 0.295. The highest BCUT2D eigenvalue weighted by molar-refractivity contribution is 6.32. The van der Waals surface area contributed by atoms with Crippen molar-refractivity contribution in [2.45, 2.75) is 6.61 Å². The first-order valence-electron chi connectivity index (χ1n) is 4.79. The van der Waals surface area contributed by atoms with Gasteiger partial charge in [0.1, 0.15) is 18.2 Å². The summed E-state index contributed by atoms with van der Waals surface area (Å²) in [5.74, 6) is 0.444. The number of nitrogen functional groups attached to an aromatic ring is 1. The van der Waals surface area contributed by atoms with E-state index in [0.29, 0.717) is 17.3 Å². The van der Waals surface area contributed by atoms with Gasteiger partial charge < -0.3 is 10.5 Å². The Bertz CT molecular complexity index is 519. The Kier molecular flexibility index (Phi) is 3.39. The van der Waals surface area contributed by atoms with Gasteiger partial charge in [-0.2, -0.15) is 0 Å². The number of aromatic nitrogens is 2. The molecule has 0 spiro atoms. The van der Waals surface area contributed by atoms with E-state index in [4.69, 9.17) is 22.1 Å². The van der Waals surface area contributed by atoms with Crippen molar-refractivity contribution in [3.05, 3.63) is 47.3 Å². The highest BCUT2D eigenvalue weighted by Crippen LogP contribution is 2.25. The molecule has 2 aromatic rings. The van der Waals surface area contributed by atoms with Crippen molar-refractivity contribution < 1.29 is 9.13 Å². The summed E-state index contributed by atoms with van der Waals surface area (Å²) in [6.07, 6.45) is 2.97. The van der Waals surface area contributed by atoms with E-state index in [2.05, 4.69) is 9.97 Å². The van der Waals surface area contributed by atoms with E-state index in [9.17, 15) is 4.39 Å². The van der Waals surface area contributed by atoms with Crippen LogP contribution >= 0.6 is 11.6 Å². The standard InChI is InChI=1S/C11H9ClFN3O/c12-9-3-7(13)1-2-10(9)17-6-11-15-4-8(14)5-16-11/h1-5H,6,14H2. The summed E-state index contributed by atoms with van der Waals surface area (Å²) in [7, 11) is 0. The number of halogens is 2. The Balaban J connectivity index is 2.04. The van der Waals surface area contributed by atoms with Crippen molar-refractivity contribution in [3.8, 4) is 5.75 Å². The molecule has 0 aliphatic rings. The molecule has 0 fully saturated rings. The average Bonchev–Trinajstić information content (AvgIpc) is 2.30.